The molecule has 2 rings (SSSR count). The second-order valence-corrected chi connectivity index (χ2v) is 5.50. The second kappa shape index (κ2) is 6.30. The zero-order chi connectivity index (χ0) is 15.6. The third-order valence-corrected chi connectivity index (χ3v) is 3.93. The van der Waals surface area contributed by atoms with Gasteiger partial charge in [0.25, 0.3) is 5.91 Å². The minimum absolute atomic E-state index is 0.0907. The van der Waals surface area contributed by atoms with Crippen LogP contribution in [0.2, 0.25) is 5.02 Å². The molecule has 2 heterocycles. The molecule has 6 nitrogen and oxygen atoms in total. The van der Waals surface area contributed by atoms with Crippen LogP contribution in [0.5, 0.6) is 0 Å². The van der Waals surface area contributed by atoms with Gasteiger partial charge in [-0.1, -0.05) is 11.6 Å². The molecule has 2 aromatic heterocycles. The molecule has 21 heavy (non-hydrogen) atoms. The molecular formula is C14H20ClN5O. The zero-order valence-electron chi connectivity index (χ0n) is 12.8. The molecule has 0 radical (unpaired) electrons. The average Bonchev–Trinajstić information content (AvgIpc) is 2.89. The molecule has 0 spiro atoms. The quantitative estimate of drug-likeness (QED) is 0.859. The highest BCUT2D eigenvalue weighted by molar-refractivity contribution is 6.31. The Labute approximate surface area is 129 Å². The van der Waals surface area contributed by atoms with E-state index in [0.717, 1.165) is 30.0 Å². The van der Waals surface area contributed by atoms with E-state index in [1.807, 2.05) is 25.5 Å². The average molecular weight is 310 g/mol. The summed E-state index contributed by atoms with van der Waals surface area (Å²) in [4.78, 5) is 12.0. The summed E-state index contributed by atoms with van der Waals surface area (Å²) in [5, 5.41) is 12.1. The Morgan fingerprint density at radius 3 is 2.52 bits per heavy atom. The maximum absolute atomic E-state index is 12.0. The standard InChI is InChI=1S/C14H20ClN5O/c1-9-12(8-19(4)17-9)14(21)16-6-5-7-20-11(3)13(15)10(2)18-20/h8H,5-7H2,1-4H3,(H,16,21). The van der Waals surface area contributed by atoms with E-state index in [1.54, 1.807) is 17.9 Å². The van der Waals surface area contributed by atoms with Crippen molar-refractivity contribution in [2.75, 3.05) is 6.54 Å². The van der Waals surface area contributed by atoms with Crippen LogP contribution < -0.4 is 5.32 Å². The van der Waals surface area contributed by atoms with Crippen LogP contribution in [-0.2, 0) is 13.6 Å². The fourth-order valence-corrected chi connectivity index (χ4v) is 2.38. The van der Waals surface area contributed by atoms with Gasteiger partial charge >= 0.3 is 0 Å². The highest BCUT2D eigenvalue weighted by atomic mass is 35.5. The summed E-state index contributed by atoms with van der Waals surface area (Å²) in [6, 6.07) is 0. The SMILES string of the molecule is Cc1nn(C)cc1C(=O)NCCCn1nc(C)c(Cl)c1C. The summed E-state index contributed by atoms with van der Waals surface area (Å²) in [5.41, 5.74) is 3.15. The third kappa shape index (κ3) is 3.44. The predicted octanol–water partition coefficient (Wildman–Crippen LogP) is 2.02. The number of rotatable bonds is 5. The number of nitrogens with zero attached hydrogens (tertiary/aromatic N) is 4. The number of carbonyl (C=O) groups excluding carboxylic acids is 1. The van der Waals surface area contributed by atoms with Gasteiger partial charge in [-0.25, -0.2) is 0 Å². The Kier molecular flexibility index (Phi) is 4.67. The Balaban J connectivity index is 1.83. The van der Waals surface area contributed by atoms with Gasteiger partial charge < -0.3 is 5.32 Å². The molecule has 0 bridgehead atoms. The van der Waals surface area contributed by atoms with E-state index >= 15 is 0 Å². The fourth-order valence-electron chi connectivity index (χ4n) is 2.24. The fraction of sp³-hybridized carbons (Fsp3) is 0.500. The van der Waals surface area contributed by atoms with E-state index in [-0.39, 0.29) is 5.91 Å². The Hall–Kier alpha value is -1.82. The summed E-state index contributed by atoms with van der Waals surface area (Å²) in [6.07, 6.45) is 2.52. The molecule has 0 aliphatic rings. The lowest BCUT2D eigenvalue weighted by Gasteiger charge is -2.06. The van der Waals surface area contributed by atoms with Gasteiger partial charge in [-0.2, -0.15) is 10.2 Å². The number of aromatic nitrogens is 4. The molecule has 0 unspecified atom stereocenters. The number of halogens is 1. The molecule has 1 amide bonds. The molecule has 0 atom stereocenters. The van der Waals surface area contributed by atoms with E-state index in [0.29, 0.717) is 17.1 Å². The number of nitrogens with one attached hydrogen (secondary N) is 1. The normalized spacial score (nSPS) is 10.9. The zero-order valence-corrected chi connectivity index (χ0v) is 13.5. The van der Waals surface area contributed by atoms with Crippen molar-refractivity contribution in [3.63, 3.8) is 0 Å². The molecule has 0 fully saturated rings. The van der Waals surface area contributed by atoms with Gasteiger partial charge in [0, 0.05) is 26.3 Å². The van der Waals surface area contributed by atoms with Crippen LogP contribution in [-0.4, -0.2) is 32.0 Å². The van der Waals surface area contributed by atoms with E-state index in [4.69, 9.17) is 11.6 Å². The van der Waals surface area contributed by atoms with Gasteiger partial charge in [-0.05, 0) is 27.2 Å². The van der Waals surface area contributed by atoms with E-state index in [2.05, 4.69) is 15.5 Å². The topological polar surface area (TPSA) is 64.7 Å². The first-order chi connectivity index (χ1) is 9.90. The van der Waals surface area contributed by atoms with Crippen molar-refractivity contribution in [2.24, 2.45) is 7.05 Å². The first-order valence-electron chi connectivity index (χ1n) is 6.88. The second-order valence-electron chi connectivity index (χ2n) is 5.12. The van der Waals surface area contributed by atoms with Gasteiger partial charge in [-0.3, -0.25) is 14.2 Å². The van der Waals surface area contributed by atoms with Crippen molar-refractivity contribution in [3.05, 3.63) is 33.9 Å². The number of aryl methyl sites for hydroxylation is 4. The summed E-state index contributed by atoms with van der Waals surface area (Å²) in [6.45, 7) is 6.97. The van der Waals surface area contributed by atoms with Gasteiger partial charge in [0.2, 0.25) is 0 Å². The Bertz CT molecular complexity index is 659. The molecule has 7 heteroatoms. The molecule has 114 valence electrons. The third-order valence-electron chi connectivity index (χ3n) is 3.38. The Morgan fingerprint density at radius 2 is 2.00 bits per heavy atom. The largest absolute Gasteiger partial charge is 0.352 e. The molecule has 2 aromatic rings. The number of hydrogen-bond donors (Lipinski definition) is 1. The highest BCUT2D eigenvalue weighted by Gasteiger charge is 2.12. The van der Waals surface area contributed by atoms with Crippen molar-refractivity contribution in [2.45, 2.75) is 33.7 Å². The first kappa shape index (κ1) is 15.6. The maximum atomic E-state index is 12.0. The van der Waals surface area contributed by atoms with E-state index < -0.39 is 0 Å². The van der Waals surface area contributed by atoms with Gasteiger partial charge in [-0.15, -0.1) is 0 Å². The van der Waals surface area contributed by atoms with Crippen molar-refractivity contribution in [1.82, 2.24) is 24.9 Å². The smallest absolute Gasteiger partial charge is 0.254 e. The van der Waals surface area contributed by atoms with Gasteiger partial charge in [0.15, 0.2) is 0 Å². The van der Waals surface area contributed by atoms with Crippen LogP contribution in [0.3, 0.4) is 0 Å². The summed E-state index contributed by atoms with van der Waals surface area (Å²) >= 11 is 6.10. The van der Waals surface area contributed by atoms with Gasteiger partial charge in [0.1, 0.15) is 0 Å². The van der Waals surface area contributed by atoms with E-state index in [1.165, 1.54) is 0 Å². The minimum atomic E-state index is -0.0907. The van der Waals surface area contributed by atoms with Gasteiger partial charge in [0.05, 0.1) is 27.7 Å². The van der Waals surface area contributed by atoms with Crippen molar-refractivity contribution >= 4 is 17.5 Å². The maximum Gasteiger partial charge on any atom is 0.254 e. The van der Waals surface area contributed by atoms with Crippen LogP contribution in [0.25, 0.3) is 0 Å². The summed E-state index contributed by atoms with van der Waals surface area (Å²) in [5.74, 6) is -0.0907. The van der Waals surface area contributed by atoms with Crippen LogP contribution >= 0.6 is 11.6 Å². The Morgan fingerprint density at radius 1 is 1.29 bits per heavy atom. The monoisotopic (exact) mass is 309 g/mol. The highest BCUT2D eigenvalue weighted by Crippen LogP contribution is 2.18. The molecule has 0 saturated carbocycles. The van der Waals surface area contributed by atoms with Crippen LogP contribution in [0.15, 0.2) is 6.20 Å². The summed E-state index contributed by atoms with van der Waals surface area (Å²) in [7, 11) is 1.80. The molecule has 0 aliphatic carbocycles. The van der Waals surface area contributed by atoms with Crippen LogP contribution in [0, 0.1) is 20.8 Å². The lowest BCUT2D eigenvalue weighted by Crippen LogP contribution is -2.25. The lowest BCUT2D eigenvalue weighted by atomic mass is 10.2. The molecular weight excluding hydrogens is 290 g/mol. The molecule has 0 aromatic carbocycles. The predicted molar refractivity (Wildman–Crippen MR) is 81.6 cm³/mol. The van der Waals surface area contributed by atoms with Crippen LogP contribution in [0.1, 0.15) is 33.9 Å². The van der Waals surface area contributed by atoms with Crippen molar-refractivity contribution < 1.29 is 4.79 Å². The number of amides is 1. The summed E-state index contributed by atoms with van der Waals surface area (Å²) < 4.78 is 3.52. The van der Waals surface area contributed by atoms with Crippen molar-refractivity contribution in [1.29, 1.82) is 0 Å². The van der Waals surface area contributed by atoms with Crippen molar-refractivity contribution in [3.8, 4) is 0 Å². The molecule has 0 aliphatic heterocycles. The van der Waals surface area contributed by atoms with Crippen LogP contribution in [0.4, 0.5) is 0 Å². The van der Waals surface area contributed by atoms with E-state index in [9.17, 15) is 4.79 Å². The number of hydrogen-bond acceptors (Lipinski definition) is 3. The lowest BCUT2D eigenvalue weighted by molar-refractivity contribution is 0.0952. The molecule has 0 saturated heterocycles. The molecule has 1 N–H and O–H groups in total. The number of carbonyl (C=O) groups is 1. The minimum Gasteiger partial charge on any atom is -0.352 e. The first-order valence-corrected chi connectivity index (χ1v) is 7.26.